The summed E-state index contributed by atoms with van der Waals surface area (Å²) in [5, 5.41) is 0.552. The third-order valence-electron chi connectivity index (χ3n) is 1.28. The van der Waals surface area contributed by atoms with Gasteiger partial charge in [-0.1, -0.05) is 45.3 Å². The van der Waals surface area contributed by atoms with E-state index in [2.05, 4.69) is 28.6 Å². The van der Waals surface area contributed by atoms with E-state index in [4.69, 9.17) is 0 Å². The molecule has 0 spiro atoms. The monoisotopic (exact) mass is 112 g/mol. The lowest BCUT2D eigenvalue weighted by Gasteiger charge is -2.16. The largest absolute Gasteiger partial charge is 0.108 e. The normalized spacial score (nSPS) is 11.9. The smallest absolute Gasteiger partial charge is 0.0672 e. The molecule has 0 fully saturated rings. The first-order valence-corrected chi connectivity index (χ1v) is 3.56. The molecule has 48 valence electrons. The van der Waals surface area contributed by atoms with Crippen molar-refractivity contribution in [3.05, 3.63) is 0 Å². The van der Waals surface area contributed by atoms with E-state index in [1.807, 2.05) is 0 Å². The van der Waals surface area contributed by atoms with Crippen molar-refractivity contribution >= 4 is 7.85 Å². The van der Waals surface area contributed by atoms with Gasteiger partial charge in [-0.15, -0.1) is 0 Å². The van der Waals surface area contributed by atoms with Crippen molar-refractivity contribution in [1.82, 2.24) is 0 Å². The molecular formula is C7H17B. The number of rotatable bonds is 3. The SMILES string of the molecule is BC(C)(C)CCCC. The molecule has 0 bridgehead atoms. The Labute approximate surface area is 54.1 Å². The minimum atomic E-state index is 0.552. The first kappa shape index (κ1) is 8.06. The second-order valence-corrected chi connectivity index (χ2v) is 3.66. The zero-order valence-electron chi connectivity index (χ0n) is 6.62. The molecule has 0 aliphatic rings. The first-order valence-electron chi connectivity index (χ1n) is 3.56. The second kappa shape index (κ2) is 3.16. The van der Waals surface area contributed by atoms with Gasteiger partial charge in [0, 0.05) is 0 Å². The molecule has 0 rings (SSSR count). The van der Waals surface area contributed by atoms with Gasteiger partial charge in [0.1, 0.15) is 7.85 Å². The zero-order valence-corrected chi connectivity index (χ0v) is 6.62. The number of hydrogen-bond acceptors (Lipinski definition) is 0. The van der Waals surface area contributed by atoms with Gasteiger partial charge in [0.2, 0.25) is 0 Å². The predicted octanol–water partition coefficient (Wildman–Crippen LogP) is 2.01. The molecule has 0 unspecified atom stereocenters. The molecule has 0 aromatic heterocycles. The van der Waals surface area contributed by atoms with Crippen molar-refractivity contribution in [2.45, 2.75) is 45.3 Å². The fourth-order valence-corrected chi connectivity index (χ4v) is 0.707. The summed E-state index contributed by atoms with van der Waals surface area (Å²) in [6.45, 7) is 6.83. The summed E-state index contributed by atoms with van der Waals surface area (Å²) < 4.78 is 0. The van der Waals surface area contributed by atoms with Crippen molar-refractivity contribution in [2.24, 2.45) is 0 Å². The van der Waals surface area contributed by atoms with Gasteiger partial charge in [0.05, 0.1) is 0 Å². The number of unbranched alkanes of at least 4 members (excludes halogenated alkanes) is 1. The molecule has 0 aliphatic heterocycles. The molecule has 0 aromatic rings. The summed E-state index contributed by atoms with van der Waals surface area (Å²) in [4.78, 5) is 0. The van der Waals surface area contributed by atoms with Crippen LogP contribution in [-0.2, 0) is 0 Å². The summed E-state index contributed by atoms with van der Waals surface area (Å²) in [6.07, 6.45) is 4.07. The van der Waals surface area contributed by atoms with E-state index in [1.54, 1.807) is 0 Å². The summed E-state index contributed by atoms with van der Waals surface area (Å²) in [5.41, 5.74) is 0. The average molecular weight is 112 g/mol. The van der Waals surface area contributed by atoms with Gasteiger partial charge >= 0.3 is 0 Å². The Morgan fingerprint density at radius 2 is 1.88 bits per heavy atom. The van der Waals surface area contributed by atoms with E-state index < -0.39 is 0 Å². The Hall–Kier alpha value is 0.0649. The standard InChI is InChI=1S/C7H17B/c1-4-5-6-7(2,3)8/h4-6,8H2,1-3H3. The van der Waals surface area contributed by atoms with Crippen LogP contribution in [0, 0.1) is 0 Å². The maximum atomic E-state index is 2.29. The first-order chi connectivity index (χ1) is 3.56. The van der Waals surface area contributed by atoms with Crippen molar-refractivity contribution in [3.63, 3.8) is 0 Å². The maximum Gasteiger partial charge on any atom is 0.108 e. The van der Waals surface area contributed by atoms with Crippen LogP contribution in [-0.4, -0.2) is 7.85 Å². The molecule has 0 aliphatic carbocycles. The molecule has 0 aromatic carbocycles. The lowest BCUT2D eigenvalue weighted by molar-refractivity contribution is 0.571. The highest BCUT2D eigenvalue weighted by atomic mass is 14.1. The van der Waals surface area contributed by atoms with Crippen LogP contribution in [0.1, 0.15) is 40.0 Å². The number of hydrogen-bond donors (Lipinski definition) is 0. The van der Waals surface area contributed by atoms with Crippen molar-refractivity contribution < 1.29 is 0 Å². The summed E-state index contributed by atoms with van der Waals surface area (Å²) >= 11 is 0. The maximum absolute atomic E-state index is 2.29. The third kappa shape index (κ3) is 6.06. The zero-order chi connectivity index (χ0) is 6.62. The Kier molecular flexibility index (Phi) is 3.19. The van der Waals surface area contributed by atoms with E-state index in [0.29, 0.717) is 5.31 Å². The second-order valence-electron chi connectivity index (χ2n) is 3.66. The third-order valence-corrected chi connectivity index (χ3v) is 1.28. The molecule has 1 heteroatoms. The van der Waals surface area contributed by atoms with E-state index in [-0.39, 0.29) is 0 Å². The highest BCUT2D eigenvalue weighted by Crippen LogP contribution is 2.25. The molecule has 8 heavy (non-hydrogen) atoms. The van der Waals surface area contributed by atoms with Crippen LogP contribution >= 0.6 is 0 Å². The minimum absolute atomic E-state index is 0.552. The van der Waals surface area contributed by atoms with Crippen molar-refractivity contribution in [1.29, 1.82) is 0 Å². The Balaban J connectivity index is 3.11. The Morgan fingerprint density at radius 1 is 1.38 bits per heavy atom. The van der Waals surface area contributed by atoms with Crippen LogP contribution in [0.3, 0.4) is 0 Å². The van der Waals surface area contributed by atoms with Gasteiger partial charge in [-0.3, -0.25) is 0 Å². The van der Waals surface area contributed by atoms with Crippen LogP contribution in [0.5, 0.6) is 0 Å². The molecular weight excluding hydrogens is 94.9 g/mol. The van der Waals surface area contributed by atoms with Gasteiger partial charge in [-0.25, -0.2) is 0 Å². The summed E-state index contributed by atoms with van der Waals surface area (Å²) in [5.74, 6) is 0. The quantitative estimate of drug-likeness (QED) is 0.490. The van der Waals surface area contributed by atoms with E-state index in [1.165, 1.54) is 19.3 Å². The fraction of sp³-hybridized carbons (Fsp3) is 1.00. The van der Waals surface area contributed by atoms with Gasteiger partial charge in [0.25, 0.3) is 0 Å². The summed E-state index contributed by atoms with van der Waals surface area (Å²) in [6, 6.07) is 0. The fourth-order valence-electron chi connectivity index (χ4n) is 0.707. The lowest BCUT2D eigenvalue weighted by atomic mass is 9.69. The van der Waals surface area contributed by atoms with E-state index >= 15 is 0 Å². The van der Waals surface area contributed by atoms with Crippen molar-refractivity contribution in [2.75, 3.05) is 0 Å². The van der Waals surface area contributed by atoms with Gasteiger partial charge in [0.15, 0.2) is 0 Å². The molecule has 0 nitrogen and oxygen atoms in total. The molecule has 0 heterocycles. The van der Waals surface area contributed by atoms with Crippen LogP contribution in [0.15, 0.2) is 0 Å². The van der Waals surface area contributed by atoms with Crippen molar-refractivity contribution in [3.8, 4) is 0 Å². The van der Waals surface area contributed by atoms with E-state index in [9.17, 15) is 0 Å². The lowest BCUT2D eigenvalue weighted by Crippen LogP contribution is -2.00. The Bertz CT molecular complexity index is 51.9. The topological polar surface area (TPSA) is 0 Å². The molecule has 0 atom stereocenters. The van der Waals surface area contributed by atoms with E-state index in [0.717, 1.165) is 0 Å². The average Bonchev–Trinajstić information content (AvgIpc) is 1.59. The molecule has 0 radical (unpaired) electrons. The van der Waals surface area contributed by atoms with Gasteiger partial charge in [-0.05, 0) is 0 Å². The molecule has 0 amide bonds. The molecule has 0 saturated heterocycles. The van der Waals surface area contributed by atoms with Crippen LogP contribution in [0.2, 0.25) is 5.31 Å². The van der Waals surface area contributed by atoms with Gasteiger partial charge < -0.3 is 0 Å². The van der Waals surface area contributed by atoms with Crippen LogP contribution in [0.4, 0.5) is 0 Å². The molecule has 0 N–H and O–H groups in total. The Morgan fingerprint density at radius 3 is 2.00 bits per heavy atom. The molecule has 0 saturated carbocycles. The van der Waals surface area contributed by atoms with Gasteiger partial charge in [-0.2, -0.15) is 0 Å². The van der Waals surface area contributed by atoms with Crippen LogP contribution < -0.4 is 0 Å². The highest BCUT2D eigenvalue weighted by molar-refractivity contribution is 6.14. The summed E-state index contributed by atoms with van der Waals surface area (Å²) in [7, 11) is 2.29. The predicted molar refractivity (Wildman–Crippen MR) is 42.1 cm³/mol. The van der Waals surface area contributed by atoms with Crippen LogP contribution in [0.25, 0.3) is 0 Å². The minimum Gasteiger partial charge on any atom is -0.0672 e. The highest BCUT2D eigenvalue weighted by Gasteiger charge is 2.07.